The summed E-state index contributed by atoms with van der Waals surface area (Å²) in [5.74, 6) is -1.99. The van der Waals surface area contributed by atoms with Crippen LogP contribution in [0.3, 0.4) is 0 Å². The molecule has 2 aliphatic heterocycles. The van der Waals surface area contributed by atoms with Crippen molar-refractivity contribution in [2.24, 2.45) is 0 Å². The number of likely N-dealkylation sites (tertiary alicyclic amines) is 1. The molecule has 3 rings (SSSR count). The molecule has 2 fully saturated rings. The third-order valence-electron chi connectivity index (χ3n) is 4.76. The highest BCUT2D eigenvalue weighted by Crippen LogP contribution is 2.23. The van der Waals surface area contributed by atoms with Gasteiger partial charge >= 0.3 is 6.03 Å². The molecule has 130 valence electrons. The summed E-state index contributed by atoms with van der Waals surface area (Å²) >= 11 is 0. The molecule has 7 heteroatoms. The second-order valence-corrected chi connectivity index (χ2v) is 6.39. The monoisotopic (exact) mass is 337 g/mol. The number of anilines is 1. The quantitative estimate of drug-likeness (QED) is 0.851. The first kappa shape index (κ1) is 16.7. The average Bonchev–Trinajstić information content (AvgIpc) is 2.91. The van der Waals surface area contributed by atoms with E-state index < -0.39 is 11.6 Å². The van der Waals surface area contributed by atoms with Crippen molar-refractivity contribution in [1.82, 2.24) is 9.80 Å². The van der Waals surface area contributed by atoms with Gasteiger partial charge in [0.15, 0.2) is 11.6 Å². The highest BCUT2D eigenvalue weighted by molar-refractivity contribution is 5.96. The summed E-state index contributed by atoms with van der Waals surface area (Å²) < 4.78 is 26.4. The maximum Gasteiger partial charge on any atom is 0.325 e. The smallest absolute Gasteiger partial charge is 0.325 e. The van der Waals surface area contributed by atoms with Crippen LogP contribution in [0.2, 0.25) is 0 Å². The summed E-state index contributed by atoms with van der Waals surface area (Å²) in [6, 6.07) is 3.23. The first-order chi connectivity index (χ1) is 11.5. The number of carbonyl (C=O) groups excluding carboxylic acids is 2. The SMILES string of the molecule is CC1CCCCN1C(=O)CN1CCN(c2ccc(F)c(F)c2)C1=O. The van der Waals surface area contributed by atoms with Crippen molar-refractivity contribution < 1.29 is 18.4 Å². The zero-order chi connectivity index (χ0) is 17.3. The summed E-state index contributed by atoms with van der Waals surface area (Å²) in [5.41, 5.74) is 0.306. The fraction of sp³-hybridized carbons (Fsp3) is 0.529. The highest BCUT2D eigenvalue weighted by atomic mass is 19.2. The molecule has 0 aliphatic carbocycles. The van der Waals surface area contributed by atoms with Gasteiger partial charge in [-0.2, -0.15) is 0 Å². The lowest BCUT2D eigenvalue weighted by atomic mass is 10.0. The van der Waals surface area contributed by atoms with Crippen LogP contribution in [-0.4, -0.2) is 54.0 Å². The molecular weight excluding hydrogens is 316 g/mol. The number of urea groups is 1. The Hall–Kier alpha value is -2.18. The molecule has 2 aliphatic rings. The number of rotatable bonds is 3. The lowest BCUT2D eigenvalue weighted by Gasteiger charge is -2.34. The molecule has 0 bridgehead atoms. The van der Waals surface area contributed by atoms with E-state index in [0.717, 1.165) is 37.9 Å². The fourth-order valence-corrected chi connectivity index (χ4v) is 3.34. The van der Waals surface area contributed by atoms with Crippen LogP contribution in [0.1, 0.15) is 26.2 Å². The van der Waals surface area contributed by atoms with E-state index in [2.05, 4.69) is 0 Å². The molecular formula is C17H21F2N3O2. The normalized spacial score (nSPS) is 21.5. The van der Waals surface area contributed by atoms with Gasteiger partial charge < -0.3 is 9.80 Å². The molecule has 2 heterocycles. The van der Waals surface area contributed by atoms with Gasteiger partial charge in [0.25, 0.3) is 0 Å². The first-order valence-electron chi connectivity index (χ1n) is 8.28. The van der Waals surface area contributed by atoms with Crippen molar-refractivity contribution in [2.75, 3.05) is 31.1 Å². The Morgan fingerprint density at radius 3 is 2.67 bits per heavy atom. The third kappa shape index (κ3) is 3.20. The zero-order valence-electron chi connectivity index (χ0n) is 13.7. The molecule has 1 atom stereocenters. The molecule has 1 aromatic carbocycles. The van der Waals surface area contributed by atoms with E-state index in [-0.39, 0.29) is 24.5 Å². The van der Waals surface area contributed by atoms with Gasteiger partial charge in [0, 0.05) is 37.4 Å². The van der Waals surface area contributed by atoms with Gasteiger partial charge in [-0.15, -0.1) is 0 Å². The number of hydrogen-bond donors (Lipinski definition) is 0. The highest BCUT2D eigenvalue weighted by Gasteiger charge is 2.33. The second-order valence-electron chi connectivity index (χ2n) is 6.39. The predicted octanol–water partition coefficient (Wildman–Crippen LogP) is 2.61. The second kappa shape index (κ2) is 6.75. The molecule has 1 unspecified atom stereocenters. The number of piperidine rings is 1. The van der Waals surface area contributed by atoms with Crippen LogP contribution < -0.4 is 4.90 Å². The number of halogens is 2. The fourth-order valence-electron chi connectivity index (χ4n) is 3.34. The van der Waals surface area contributed by atoms with Crippen LogP contribution in [0, 0.1) is 11.6 Å². The summed E-state index contributed by atoms with van der Waals surface area (Å²) in [6.07, 6.45) is 3.10. The molecule has 0 saturated carbocycles. The number of benzene rings is 1. The Balaban J connectivity index is 1.65. The van der Waals surface area contributed by atoms with Gasteiger partial charge in [-0.05, 0) is 38.3 Å². The standard InChI is InChI=1S/C17H21F2N3O2/c1-12-4-2-3-7-21(12)16(23)11-20-8-9-22(17(20)24)13-5-6-14(18)15(19)10-13/h5-6,10,12H,2-4,7-9,11H2,1H3. The van der Waals surface area contributed by atoms with Gasteiger partial charge in [-0.25, -0.2) is 13.6 Å². The van der Waals surface area contributed by atoms with Gasteiger partial charge in [-0.3, -0.25) is 9.69 Å². The molecule has 0 spiro atoms. The number of hydrogen-bond acceptors (Lipinski definition) is 2. The number of amides is 3. The van der Waals surface area contributed by atoms with E-state index in [9.17, 15) is 18.4 Å². The molecule has 0 radical (unpaired) electrons. The maximum absolute atomic E-state index is 13.4. The number of nitrogens with zero attached hydrogens (tertiary/aromatic N) is 3. The van der Waals surface area contributed by atoms with E-state index in [4.69, 9.17) is 0 Å². The van der Waals surface area contributed by atoms with Crippen molar-refractivity contribution in [3.05, 3.63) is 29.8 Å². The average molecular weight is 337 g/mol. The minimum atomic E-state index is -0.989. The molecule has 0 N–H and O–H groups in total. The topological polar surface area (TPSA) is 43.9 Å². The summed E-state index contributed by atoms with van der Waals surface area (Å²) in [6.45, 7) is 3.53. The van der Waals surface area contributed by atoms with E-state index in [1.54, 1.807) is 0 Å². The lowest BCUT2D eigenvalue weighted by molar-refractivity contribution is -0.134. The largest absolute Gasteiger partial charge is 0.338 e. The Morgan fingerprint density at radius 1 is 1.17 bits per heavy atom. The van der Waals surface area contributed by atoms with Crippen LogP contribution >= 0.6 is 0 Å². The Bertz CT molecular complexity index is 653. The molecule has 24 heavy (non-hydrogen) atoms. The molecule has 2 saturated heterocycles. The molecule has 1 aromatic rings. The molecule has 0 aromatic heterocycles. The van der Waals surface area contributed by atoms with Gasteiger partial charge in [0.05, 0.1) is 0 Å². The zero-order valence-corrected chi connectivity index (χ0v) is 13.7. The summed E-state index contributed by atoms with van der Waals surface area (Å²) in [5, 5.41) is 0. The van der Waals surface area contributed by atoms with Gasteiger partial charge in [0.1, 0.15) is 6.54 Å². The predicted molar refractivity (Wildman–Crippen MR) is 85.7 cm³/mol. The van der Waals surface area contributed by atoms with Crippen molar-refractivity contribution in [2.45, 2.75) is 32.2 Å². The van der Waals surface area contributed by atoms with Crippen LogP contribution in [0.4, 0.5) is 19.3 Å². The van der Waals surface area contributed by atoms with Crippen LogP contribution in [0.15, 0.2) is 18.2 Å². The Kier molecular flexibility index (Phi) is 4.69. The Morgan fingerprint density at radius 2 is 1.96 bits per heavy atom. The van der Waals surface area contributed by atoms with Crippen LogP contribution in [0.5, 0.6) is 0 Å². The minimum absolute atomic E-state index is 0.0311. The summed E-state index contributed by atoms with van der Waals surface area (Å²) in [4.78, 5) is 29.6. The van der Waals surface area contributed by atoms with Gasteiger partial charge in [0.2, 0.25) is 5.91 Å². The van der Waals surface area contributed by atoms with Crippen LogP contribution in [0.25, 0.3) is 0 Å². The Labute approximate surface area is 139 Å². The van der Waals surface area contributed by atoms with Crippen LogP contribution in [-0.2, 0) is 4.79 Å². The third-order valence-corrected chi connectivity index (χ3v) is 4.76. The van der Waals surface area contributed by atoms with Crippen molar-refractivity contribution in [3.63, 3.8) is 0 Å². The van der Waals surface area contributed by atoms with Gasteiger partial charge in [-0.1, -0.05) is 0 Å². The summed E-state index contributed by atoms with van der Waals surface area (Å²) in [7, 11) is 0. The molecule has 3 amide bonds. The molecule has 5 nitrogen and oxygen atoms in total. The first-order valence-corrected chi connectivity index (χ1v) is 8.28. The van der Waals surface area contributed by atoms with Crippen molar-refractivity contribution in [1.29, 1.82) is 0 Å². The van der Waals surface area contributed by atoms with E-state index in [1.807, 2.05) is 11.8 Å². The van der Waals surface area contributed by atoms with E-state index in [1.165, 1.54) is 15.9 Å². The minimum Gasteiger partial charge on any atom is -0.338 e. The lowest BCUT2D eigenvalue weighted by Crippen LogP contribution is -2.47. The maximum atomic E-state index is 13.4. The van der Waals surface area contributed by atoms with Crippen molar-refractivity contribution >= 4 is 17.6 Å². The number of carbonyl (C=O) groups is 2. The van der Waals surface area contributed by atoms with E-state index in [0.29, 0.717) is 18.8 Å². The van der Waals surface area contributed by atoms with Crippen molar-refractivity contribution in [3.8, 4) is 0 Å². The van der Waals surface area contributed by atoms with E-state index >= 15 is 0 Å².